The van der Waals surface area contributed by atoms with Crippen molar-refractivity contribution in [2.45, 2.75) is 26.4 Å². The van der Waals surface area contributed by atoms with Crippen LogP contribution < -0.4 is 5.73 Å². The molecule has 0 saturated carbocycles. The minimum atomic E-state index is 0.0341. The van der Waals surface area contributed by atoms with Crippen molar-refractivity contribution in [2.75, 3.05) is 12.3 Å². The number of amides is 1. The molecule has 110 valence electrons. The Balaban J connectivity index is 1.91. The van der Waals surface area contributed by atoms with Crippen LogP contribution in [0.15, 0.2) is 34.8 Å². The zero-order chi connectivity index (χ0) is 15.1. The predicted molar refractivity (Wildman–Crippen MR) is 87.2 cm³/mol. The second kappa shape index (κ2) is 5.22. The first-order valence-corrected chi connectivity index (χ1v) is 7.80. The summed E-state index contributed by atoms with van der Waals surface area (Å²) < 4.78 is 3.10. The smallest absolute Gasteiger partial charge is 0.254 e. The summed E-state index contributed by atoms with van der Waals surface area (Å²) in [6, 6.07) is 9.66. The van der Waals surface area contributed by atoms with E-state index in [4.69, 9.17) is 5.73 Å². The van der Waals surface area contributed by atoms with E-state index in [2.05, 4.69) is 46.5 Å². The lowest BCUT2D eigenvalue weighted by molar-refractivity contribution is 0.0643. The number of carbonyl (C=O) groups excluding carboxylic acids is 1. The normalized spacial score (nSPS) is 17.7. The fraction of sp³-hybridized carbons (Fsp3) is 0.312. The first-order valence-electron chi connectivity index (χ1n) is 7.01. The van der Waals surface area contributed by atoms with Gasteiger partial charge in [-0.05, 0) is 60.1 Å². The number of benzene rings is 1. The van der Waals surface area contributed by atoms with Crippen LogP contribution in [0.5, 0.6) is 0 Å². The number of halogens is 1. The molecule has 4 nitrogen and oxygen atoms in total. The molecule has 1 unspecified atom stereocenters. The second-order valence-electron chi connectivity index (χ2n) is 5.46. The van der Waals surface area contributed by atoms with Crippen LogP contribution >= 0.6 is 15.9 Å². The lowest BCUT2D eigenvalue weighted by Crippen LogP contribution is -2.41. The maximum Gasteiger partial charge on any atom is 0.254 e. The number of carbonyl (C=O) groups is 1. The van der Waals surface area contributed by atoms with Crippen molar-refractivity contribution in [2.24, 2.45) is 0 Å². The highest BCUT2D eigenvalue weighted by atomic mass is 79.9. The molecular weight excluding hydrogens is 330 g/mol. The Morgan fingerprint density at radius 3 is 2.76 bits per heavy atom. The molecular formula is C16H18BrN3O. The van der Waals surface area contributed by atoms with Gasteiger partial charge in [0.05, 0.1) is 6.04 Å². The molecule has 0 spiro atoms. The number of aromatic nitrogens is 1. The predicted octanol–water partition coefficient (Wildman–Crippen LogP) is 3.36. The zero-order valence-corrected chi connectivity index (χ0v) is 13.7. The van der Waals surface area contributed by atoms with Gasteiger partial charge in [-0.1, -0.05) is 0 Å². The first kappa shape index (κ1) is 14.2. The molecule has 0 aliphatic carbocycles. The quantitative estimate of drug-likeness (QED) is 0.804. The van der Waals surface area contributed by atoms with Crippen LogP contribution in [0.2, 0.25) is 0 Å². The van der Waals surface area contributed by atoms with Gasteiger partial charge in [0.15, 0.2) is 0 Å². The number of hydrogen-bond acceptors (Lipinski definition) is 2. The Hall–Kier alpha value is -1.75. The van der Waals surface area contributed by atoms with Crippen LogP contribution in [0.3, 0.4) is 0 Å². The van der Waals surface area contributed by atoms with Gasteiger partial charge in [0.25, 0.3) is 5.91 Å². The molecule has 1 aliphatic heterocycles. The Morgan fingerprint density at radius 2 is 2.05 bits per heavy atom. The lowest BCUT2D eigenvalue weighted by atomic mass is 10.1. The third kappa shape index (κ3) is 2.35. The molecule has 5 heteroatoms. The molecule has 21 heavy (non-hydrogen) atoms. The van der Waals surface area contributed by atoms with Crippen LogP contribution in [0.1, 0.15) is 34.7 Å². The van der Waals surface area contributed by atoms with Gasteiger partial charge in [-0.3, -0.25) is 4.79 Å². The first-order chi connectivity index (χ1) is 9.99. The minimum absolute atomic E-state index is 0.0341. The number of aryl methyl sites for hydroxylation is 1. The number of hydrogen-bond donors (Lipinski definition) is 1. The van der Waals surface area contributed by atoms with Crippen LogP contribution in [-0.4, -0.2) is 21.9 Å². The molecule has 0 radical (unpaired) electrons. The summed E-state index contributed by atoms with van der Waals surface area (Å²) in [6.07, 6.45) is 0. The summed E-state index contributed by atoms with van der Waals surface area (Å²) in [5.74, 6) is 0.0341. The lowest BCUT2D eigenvalue weighted by Gasteiger charge is -2.35. The molecule has 1 aliphatic rings. The van der Waals surface area contributed by atoms with Crippen molar-refractivity contribution in [3.63, 3.8) is 0 Å². The van der Waals surface area contributed by atoms with Gasteiger partial charge in [0.1, 0.15) is 0 Å². The topological polar surface area (TPSA) is 51.3 Å². The van der Waals surface area contributed by atoms with E-state index in [9.17, 15) is 4.79 Å². The summed E-state index contributed by atoms with van der Waals surface area (Å²) in [5.41, 5.74) is 9.55. The number of anilines is 1. The number of nitrogens with zero attached hydrogens (tertiary/aromatic N) is 2. The molecule has 1 atom stereocenters. The molecule has 0 bridgehead atoms. The van der Waals surface area contributed by atoms with Gasteiger partial charge in [0.2, 0.25) is 0 Å². The third-order valence-electron chi connectivity index (χ3n) is 4.20. The summed E-state index contributed by atoms with van der Waals surface area (Å²) in [5, 5.41) is 0. The van der Waals surface area contributed by atoms with Gasteiger partial charge < -0.3 is 15.2 Å². The number of rotatable bonds is 1. The summed E-state index contributed by atoms with van der Waals surface area (Å²) in [6.45, 7) is 5.74. The monoisotopic (exact) mass is 347 g/mol. The summed E-state index contributed by atoms with van der Waals surface area (Å²) in [4.78, 5) is 14.7. The van der Waals surface area contributed by atoms with E-state index in [1.165, 1.54) is 11.4 Å². The van der Waals surface area contributed by atoms with Crippen molar-refractivity contribution < 1.29 is 4.79 Å². The molecule has 0 fully saturated rings. The van der Waals surface area contributed by atoms with Gasteiger partial charge in [-0.15, -0.1) is 0 Å². The van der Waals surface area contributed by atoms with E-state index in [1.807, 2.05) is 17.0 Å². The molecule has 3 rings (SSSR count). The Morgan fingerprint density at radius 1 is 1.29 bits per heavy atom. The average molecular weight is 348 g/mol. The molecule has 1 aromatic heterocycles. The maximum atomic E-state index is 12.7. The second-order valence-corrected chi connectivity index (χ2v) is 6.32. The molecule has 2 N–H and O–H groups in total. The van der Waals surface area contributed by atoms with Gasteiger partial charge in [-0.2, -0.15) is 0 Å². The fourth-order valence-corrected chi connectivity index (χ4v) is 3.19. The highest BCUT2D eigenvalue weighted by molar-refractivity contribution is 9.10. The molecule has 2 aromatic rings. The Bertz CT molecular complexity index is 708. The van der Waals surface area contributed by atoms with Crippen LogP contribution in [0, 0.1) is 6.92 Å². The number of nitrogen functional groups attached to an aromatic ring is 1. The van der Waals surface area contributed by atoms with Crippen LogP contribution in [-0.2, 0) is 6.54 Å². The average Bonchev–Trinajstić information content (AvgIpc) is 2.84. The van der Waals surface area contributed by atoms with E-state index >= 15 is 0 Å². The summed E-state index contributed by atoms with van der Waals surface area (Å²) in [7, 11) is 0. The van der Waals surface area contributed by atoms with E-state index in [0.717, 1.165) is 17.6 Å². The zero-order valence-electron chi connectivity index (χ0n) is 12.1. The van der Waals surface area contributed by atoms with E-state index < -0.39 is 0 Å². The fourth-order valence-electron chi connectivity index (χ4n) is 2.94. The Kier molecular flexibility index (Phi) is 3.53. The van der Waals surface area contributed by atoms with Crippen molar-refractivity contribution in [3.05, 3.63) is 51.8 Å². The standard InChI is InChI=1S/C16H18BrN3O/c1-10-3-6-15-11(2)20(8-7-19(10)15)16(21)12-4-5-13(17)14(18)9-12/h3-6,9,11H,7-8,18H2,1-2H3. The van der Waals surface area contributed by atoms with Gasteiger partial charge >= 0.3 is 0 Å². The number of nitrogens with two attached hydrogens (primary N) is 1. The largest absolute Gasteiger partial charge is 0.398 e. The highest BCUT2D eigenvalue weighted by Gasteiger charge is 2.29. The van der Waals surface area contributed by atoms with Gasteiger partial charge in [-0.25, -0.2) is 0 Å². The van der Waals surface area contributed by atoms with Crippen LogP contribution in [0.25, 0.3) is 0 Å². The highest BCUT2D eigenvalue weighted by Crippen LogP contribution is 2.29. The molecule has 0 saturated heterocycles. The van der Waals surface area contributed by atoms with Crippen molar-refractivity contribution >= 4 is 27.5 Å². The van der Waals surface area contributed by atoms with Crippen LogP contribution in [0.4, 0.5) is 5.69 Å². The van der Waals surface area contributed by atoms with E-state index in [-0.39, 0.29) is 11.9 Å². The Labute approximate surface area is 132 Å². The summed E-state index contributed by atoms with van der Waals surface area (Å²) >= 11 is 3.36. The van der Waals surface area contributed by atoms with Crippen molar-refractivity contribution in [3.8, 4) is 0 Å². The molecule has 1 aromatic carbocycles. The van der Waals surface area contributed by atoms with E-state index in [0.29, 0.717) is 11.3 Å². The number of fused-ring (bicyclic) bond motifs is 1. The van der Waals surface area contributed by atoms with Gasteiger partial charge in [0, 0.05) is 40.2 Å². The van der Waals surface area contributed by atoms with E-state index in [1.54, 1.807) is 6.07 Å². The maximum absolute atomic E-state index is 12.7. The third-order valence-corrected chi connectivity index (χ3v) is 4.92. The molecule has 2 heterocycles. The SMILES string of the molecule is Cc1ccc2n1CCN(C(=O)c1ccc(Br)c(N)c1)C2C. The van der Waals surface area contributed by atoms with Crippen molar-refractivity contribution in [1.29, 1.82) is 0 Å². The van der Waals surface area contributed by atoms with Crippen molar-refractivity contribution in [1.82, 2.24) is 9.47 Å². The molecule has 1 amide bonds. The minimum Gasteiger partial charge on any atom is -0.398 e.